The van der Waals surface area contributed by atoms with Gasteiger partial charge in [-0.25, -0.2) is 4.79 Å². The first-order valence-corrected chi connectivity index (χ1v) is 7.80. The second kappa shape index (κ2) is 6.93. The molecule has 0 radical (unpaired) electrons. The predicted molar refractivity (Wildman–Crippen MR) is 88.0 cm³/mol. The van der Waals surface area contributed by atoms with Gasteiger partial charge in [0.2, 0.25) is 5.89 Å². The van der Waals surface area contributed by atoms with E-state index >= 15 is 0 Å². The summed E-state index contributed by atoms with van der Waals surface area (Å²) < 4.78 is 11.5. The first-order valence-electron chi connectivity index (χ1n) is 6.63. The fourth-order valence-electron chi connectivity index (χ4n) is 1.88. The molecular weight excluding hydrogens is 384 g/mol. The highest BCUT2D eigenvalue weighted by atomic mass is 79.9. The number of ether oxygens (including phenoxy) is 1. The molecule has 3 rings (SSSR count). The van der Waals surface area contributed by atoms with Gasteiger partial charge in [0.1, 0.15) is 0 Å². The van der Waals surface area contributed by atoms with Crippen LogP contribution in [0.5, 0.6) is 0 Å². The lowest BCUT2D eigenvalue weighted by Gasteiger charge is -2.02. The second-order valence-electron chi connectivity index (χ2n) is 4.57. The molecule has 5 nitrogen and oxygen atoms in total. The molecule has 0 saturated carbocycles. The van der Waals surface area contributed by atoms with E-state index in [1.54, 1.807) is 18.2 Å². The summed E-state index contributed by atoms with van der Waals surface area (Å²) in [5.74, 6) is 0.0607. The monoisotopic (exact) mass is 392 g/mol. The van der Waals surface area contributed by atoms with E-state index < -0.39 is 5.97 Å². The number of carbonyl (C=O) groups is 1. The standard InChI is InChI=1S/C16H10BrClN2O3/c17-13-7-2-1-6-12(13)15-20-19-14(23-15)9-22-16(21)10-4-3-5-11(18)8-10/h1-8H,9H2. The van der Waals surface area contributed by atoms with Crippen LogP contribution in [0.15, 0.2) is 57.4 Å². The normalized spacial score (nSPS) is 10.5. The zero-order valence-electron chi connectivity index (χ0n) is 11.7. The topological polar surface area (TPSA) is 65.2 Å². The van der Waals surface area contributed by atoms with Crippen molar-refractivity contribution >= 4 is 33.5 Å². The molecule has 116 valence electrons. The molecule has 0 aliphatic carbocycles. The second-order valence-corrected chi connectivity index (χ2v) is 5.86. The first kappa shape index (κ1) is 15.7. The molecule has 0 bridgehead atoms. The molecule has 0 saturated heterocycles. The molecule has 0 spiro atoms. The van der Waals surface area contributed by atoms with E-state index in [1.807, 2.05) is 24.3 Å². The summed E-state index contributed by atoms with van der Waals surface area (Å²) in [4.78, 5) is 11.9. The molecule has 7 heteroatoms. The largest absolute Gasteiger partial charge is 0.452 e. The van der Waals surface area contributed by atoms with Crippen molar-refractivity contribution in [2.24, 2.45) is 0 Å². The molecule has 23 heavy (non-hydrogen) atoms. The number of hydrogen-bond donors (Lipinski definition) is 0. The van der Waals surface area contributed by atoms with Crippen molar-refractivity contribution in [1.82, 2.24) is 10.2 Å². The minimum atomic E-state index is -0.506. The fourth-order valence-corrected chi connectivity index (χ4v) is 2.53. The molecule has 3 aromatic rings. The van der Waals surface area contributed by atoms with Crippen molar-refractivity contribution in [3.05, 3.63) is 69.5 Å². The van der Waals surface area contributed by atoms with Crippen LogP contribution < -0.4 is 0 Å². The van der Waals surface area contributed by atoms with Crippen LogP contribution in [0.25, 0.3) is 11.5 Å². The van der Waals surface area contributed by atoms with E-state index in [4.69, 9.17) is 20.8 Å². The summed E-state index contributed by atoms with van der Waals surface area (Å²) in [6, 6.07) is 14.0. The predicted octanol–water partition coefficient (Wildman–Crippen LogP) is 4.51. The van der Waals surface area contributed by atoms with Crippen LogP contribution in [0.3, 0.4) is 0 Å². The lowest BCUT2D eigenvalue weighted by atomic mass is 10.2. The molecule has 0 aliphatic rings. The third-order valence-electron chi connectivity index (χ3n) is 2.96. The number of aromatic nitrogens is 2. The zero-order valence-corrected chi connectivity index (χ0v) is 14.0. The molecule has 1 aromatic heterocycles. The van der Waals surface area contributed by atoms with Crippen molar-refractivity contribution in [2.75, 3.05) is 0 Å². The Kier molecular flexibility index (Phi) is 4.73. The Morgan fingerprint density at radius 1 is 1.17 bits per heavy atom. The average molecular weight is 394 g/mol. The van der Waals surface area contributed by atoms with Gasteiger partial charge < -0.3 is 9.15 Å². The lowest BCUT2D eigenvalue weighted by molar-refractivity contribution is 0.0438. The number of nitrogens with zero attached hydrogens (tertiary/aromatic N) is 2. The van der Waals surface area contributed by atoms with E-state index in [9.17, 15) is 4.79 Å². The summed E-state index contributed by atoms with van der Waals surface area (Å²) in [5, 5.41) is 8.30. The van der Waals surface area contributed by atoms with Crippen LogP contribution in [0.1, 0.15) is 16.2 Å². The van der Waals surface area contributed by atoms with Gasteiger partial charge in [0, 0.05) is 9.50 Å². The Bertz CT molecular complexity index is 851. The van der Waals surface area contributed by atoms with Crippen molar-refractivity contribution < 1.29 is 13.9 Å². The van der Waals surface area contributed by atoms with Crippen LogP contribution in [-0.4, -0.2) is 16.2 Å². The van der Waals surface area contributed by atoms with Gasteiger partial charge in [0.25, 0.3) is 5.89 Å². The highest BCUT2D eigenvalue weighted by Crippen LogP contribution is 2.26. The summed E-state index contributed by atoms with van der Waals surface area (Å²) in [5.41, 5.74) is 1.13. The number of halogens is 2. The van der Waals surface area contributed by atoms with Gasteiger partial charge in [0.15, 0.2) is 6.61 Å². The molecule has 0 amide bonds. The number of esters is 1. The van der Waals surface area contributed by atoms with Gasteiger partial charge in [0.05, 0.1) is 11.1 Å². The highest BCUT2D eigenvalue weighted by molar-refractivity contribution is 9.10. The van der Waals surface area contributed by atoms with Crippen LogP contribution in [0.4, 0.5) is 0 Å². The molecule has 0 unspecified atom stereocenters. The van der Waals surface area contributed by atoms with E-state index in [2.05, 4.69) is 26.1 Å². The molecule has 1 heterocycles. The average Bonchev–Trinajstić information content (AvgIpc) is 3.02. The number of carbonyl (C=O) groups excluding carboxylic acids is 1. The van der Waals surface area contributed by atoms with Gasteiger partial charge in [-0.15, -0.1) is 10.2 Å². The summed E-state index contributed by atoms with van der Waals surface area (Å²) in [6.07, 6.45) is 0. The van der Waals surface area contributed by atoms with E-state index in [1.165, 1.54) is 6.07 Å². The lowest BCUT2D eigenvalue weighted by Crippen LogP contribution is -2.05. The first-order chi connectivity index (χ1) is 11.1. The Balaban J connectivity index is 1.68. The Hall–Kier alpha value is -2.18. The van der Waals surface area contributed by atoms with E-state index in [-0.39, 0.29) is 12.5 Å². The van der Waals surface area contributed by atoms with Crippen molar-refractivity contribution in [2.45, 2.75) is 6.61 Å². The molecule has 0 N–H and O–H groups in total. The Morgan fingerprint density at radius 2 is 2.00 bits per heavy atom. The summed E-state index contributed by atoms with van der Waals surface area (Å²) in [6.45, 7) is -0.108. The van der Waals surface area contributed by atoms with Gasteiger partial charge >= 0.3 is 5.97 Å². The van der Waals surface area contributed by atoms with Gasteiger partial charge in [-0.1, -0.05) is 29.8 Å². The van der Waals surface area contributed by atoms with Crippen LogP contribution >= 0.6 is 27.5 Å². The maximum Gasteiger partial charge on any atom is 0.338 e. The van der Waals surface area contributed by atoms with Crippen LogP contribution in [-0.2, 0) is 11.3 Å². The maximum absolute atomic E-state index is 11.9. The van der Waals surface area contributed by atoms with Crippen LogP contribution in [0, 0.1) is 0 Å². The van der Waals surface area contributed by atoms with Gasteiger partial charge in [-0.05, 0) is 46.3 Å². The number of rotatable bonds is 4. The SMILES string of the molecule is O=C(OCc1nnc(-c2ccccc2Br)o1)c1cccc(Cl)c1. The third-order valence-corrected chi connectivity index (χ3v) is 3.88. The van der Waals surface area contributed by atoms with Crippen molar-refractivity contribution in [1.29, 1.82) is 0 Å². The van der Waals surface area contributed by atoms with Crippen molar-refractivity contribution in [3.63, 3.8) is 0 Å². The third kappa shape index (κ3) is 3.78. The van der Waals surface area contributed by atoms with Gasteiger partial charge in [-0.2, -0.15) is 0 Å². The Morgan fingerprint density at radius 3 is 2.78 bits per heavy atom. The highest BCUT2D eigenvalue weighted by Gasteiger charge is 2.14. The van der Waals surface area contributed by atoms with Crippen molar-refractivity contribution in [3.8, 4) is 11.5 Å². The van der Waals surface area contributed by atoms with Crippen LogP contribution in [0.2, 0.25) is 5.02 Å². The zero-order chi connectivity index (χ0) is 16.2. The molecule has 2 aromatic carbocycles. The van der Waals surface area contributed by atoms with E-state index in [0.29, 0.717) is 16.5 Å². The number of benzene rings is 2. The summed E-state index contributed by atoms with van der Waals surface area (Å²) >= 11 is 9.26. The minimum absolute atomic E-state index is 0.108. The molecular formula is C16H10BrClN2O3. The maximum atomic E-state index is 11.9. The van der Waals surface area contributed by atoms with Gasteiger partial charge in [-0.3, -0.25) is 0 Å². The smallest absolute Gasteiger partial charge is 0.338 e. The summed E-state index contributed by atoms with van der Waals surface area (Å²) in [7, 11) is 0. The molecule has 0 atom stereocenters. The fraction of sp³-hybridized carbons (Fsp3) is 0.0625. The van der Waals surface area contributed by atoms with E-state index in [0.717, 1.165) is 10.0 Å². The molecule has 0 aliphatic heterocycles. The minimum Gasteiger partial charge on any atom is -0.452 e. The number of hydrogen-bond acceptors (Lipinski definition) is 5. The quantitative estimate of drug-likeness (QED) is 0.610. The molecule has 0 fully saturated rings. The Labute approximate surface area is 145 Å².